The number of nitrogens with one attached hydrogen (secondary N) is 1. The number of rotatable bonds is 10. The van der Waals surface area contributed by atoms with Gasteiger partial charge < -0.3 is 20.1 Å². The fourth-order valence-electron chi connectivity index (χ4n) is 5.46. The summed E-state index contributed by atoms with van der Waals surface area (Å²) >= 11 is 0. The van der Waals surface area contributed by atoms with Gasteiger partial charge in [0, 0.05) is 37.8 Å². The van der Waals surface area contributed by atoms with Gasteiger partial charge in [0.25, 0.3) is 5.91 Å². The molecule has 9 nitrogen and oxygen atoms in total. The molecule has 2 aromatic rings. The van der Waals surface area contributed by atoms with Crippen LogP contribution >= 0.6 is 0 Å². The molecule has 2 aliphatic rings. The van der Waals surface area contributed by atoms with Gasteiger partial charge in [0.2, 0.25) is 5.91 Å². The highest BCUT2D eigenvalue weighted by atomic mass is 16.6. The lowest BCUT2D eigenvalue weighted by atomic mass is 10.00. The molecule has 40 heavy (non-hydrogen) atoms. The minimum absolute atomic E-state index is 0.111. The molecular weight excluding hydrogens is 510 g/mol. The number of hydrogen-bond donors (Lipinski definition) is 2. The third-order valence-electron chi connectivity index (χ3n) is 7.36. The van der Waals surface area contributed by atoms with Crippen LogP contribution in [0.1, 0.15) is 73.5 Å². The summed E-state index contributed by atoms with van der Waals surface area (Å²) in [5, 5.41) is 12.2. The Balaban J connectivity index is 1.31. The molecule has 0 radical (unpaired) electrons. The third-order valence-corrected chi connectivity index (χ3v) is 7.36. The van der Waals surface area contributed by atoms with E-state index in [-0.39, 0.29) is 30.4 Å². The molecule has 0 unspecified atom stereocenters. The zero-order valence-corrected chi connectivity index (χ0v) is 23.5. The maximum absolute atomic E-state index is 13.0. The first-order valence-corrected chi connectivity index (χ1v) is 13.9. The third kappa shape index (κ3) is 7.61. The van der Waals surface area contributed by atoms with Gasteiger partial charge in [-0.15, -0.1) is 0 Å². The van der Waals surface area contributed by atoms with E-state index in [4.69, 9.17) is 4.74 Å². The fourth-order valence-corrected chi connectivity index (χ4v) is 5.46. The zero-order valence-electron chi connectivity index (χ0n) is 23.5. The van der Waals surface area contributed by atoms with E-state index in [2.05, 4.69) is 17.4 Å². The van der Waals surface area contributed by atoms with Gasteiger partial charge in [0.1, 0.15) is 5.60 Å². The van der Waals surface area contributed by atoms with Crippen molar-refractivity contribution in [2.24, 2.45) is 5.92 Å². The molecule has 0 saturated carbocycles. The Morgan fingerprint density at radius 1 is 1.05 bits per heavy atom. The van der Waals surface area contributed by atoms with Gasteiger partial charge in [-0.3, -0.25) is 19.3 Å². The summed E-state index contributed by atoms with van der Waals surface area (Å²) in [7, 11) is 0. The SMILES string of the molecule is CC(C)(C)OC(=O)N1Cc2ccc(C(=O)NCC[C@@H]3C[C@@H](CC(=O)O)C(=O)N3CCCc3ccccc3)cc2C1. The average Bonchev–Trinajstić information content (AvgIpc) is 3.44. The quantitative estimate of drug-likeness (QED) is 0.454. The second-order valence-corrected chi connectivity index (χ2v) is 11.7. The first-order chi connectivity index (χ1) is 19.0. The van der Waals surface area contributed by atoms with Gasteiger partial charge >= 0.3 is 12.1 Å². The molecule has 214 valence electrons. The van der Waals surface area contributed by atoms with Crippen molar-refractivity contribution in [2.45, 2.75) is 77.6 Å². The van der Waals surface area contributed by atoms with E-state index >= 15 is 0 Å². The molecule has 9 heteroatoms. The molecule has 1 fully saturated rings. The van der Waals surface area contributed by atoms with Crippen molar-refractivity contribution in [1.29, 1.82) is 0 Å². The molecule has 0 aromatic heterocycles. The summed E-state index contributed by atoms with van der Waals surface area (Å²) in [6, 6.07) is 15.4. The molecular formula is C31H39N3O6. The summed E-state index contributed by atoms with van der Waals surface area (Å²) in [5.41, 5.74) is 3.04. The molecule has 2 atom stereocenters. The van der Waals surface area contributed by atoms with E-state index < -0.39 is 17.5 Å². The van der Waals surface area contributed by atoms with Crippen LogP contribution in [0.2, 0.25) is 0 Å². The average molecular weight is 550 g/mol. The Morgan fingerprint density at radius 3 is 2.48 bits per heavy atom. The van der Waals surface area contributed by atoms with Crippen LogP contribution in [-0.2, 0) is 33.8 Å². The van der Waals surface area contributed by atoms with Crippen LogP contribution in [-0.4, -0.2) is 63.5 Å². The van der Waals surface area contributed by atoms with E-state index in [0.717, 1.165) is 24.0 Å². The number of carboxylic acid groups (broad SMARTS) is 1. The number of aryl methyl sites for hydroxylation is 1. The number of hydrogen-bond acceptors (Lipinski definition) is 5. The topological polar surface area (TPSA) is 116 Å². The molecule has 2 heterocycles. The number of carbonyl (C=O) groups excluding carboxylic acids is 3. The fraction of sp³-hybridized carbons (Fsp3) is 0.484. The number of carbonyl (C=O) groups is 4. The van der Waals surface area contributed by atoms with Gasteiger partial charge in [-0.2, -0.15) is 0 Å². The van der Waals surface area contributed by atoms with E-state index in [1.54, 1.807) is 11.0 Å². The normalized spacial score (nSPS) is 18.5. The number of ether oxygens (including phenoxy) is 1. The highest BCUT2D eigenvalue weighted by molar-refractivity contribution is 5.94. The van der Waals surface area contributed by atoms with E-state index in [1.165, 1.54) is 5.56 Å². The van der Waals surface area contributed by atoms with Gasteiger partial charge in [0.15, 0.2) is 0 Å². The van der Waals surface area contributed by atoms with Crippen molar-refractivity contribution in [3.8, 4) is 0 Å². The van der Waals surface area contributed by atoms with Gasteiger partial charge in [0.05, 0.1) is 12.3 Å². The number of fused-ring (bicyclic) bond motifs is 1. The van der Waals surface area contributed by atoms with Gasteiger partial charge in [-0.25, -0.2) is 4.79 Å². The lowest BCUT2D eigenvalue weighted by molar-refractivity contribution is -0.142. The smallest absolute Gasteiger partial charge is 0.410 e. The van der Waals surface area contributed by atoms with Crippen LogP contribution in [0.5, 0.6) is 0 Å². The first-order valence-electron chi connectivity index (χ1n) is 13.9. The summed E-state index contributed by atoms with van der Waals surface area (Å²) in [5.74, 6) is -1.83. The van der Waals surface area contributed by atoms with Crippen LogP contribution in [0.25, 0.3) is 0 Å². The minimum atomic E-state index is -0.974. The van der Waals surface area contributed by atoms with Crippen molar-refractivity contribution < 1.29 is 29.0 Å². The Labute approximate surface area is 235 Å². The van der Waals surface area contributed by atoms with Crippen LogP contribution in [0.3, 0.4) is 0 Å². The number of benzene rings is 2. The van der Waals surface area contributed by atoms with E-state index in [9.17, 15) is 24.3 Å². The molecule has 2 aliphatic heterocycles. The van der Waals surface area contributed by atoms with Crippen molar-refractivity contribution in [1.82, 2.24) is 15.1 Å². The molecule has 2 N–H and O–H groups in total. The monoisotopic (exact) mass is 549 g/mol. The molecule has 4 rings (SSSR count). The number of likely N-dealkylation sites (tertiary alicyclic amines) is 1. The Bertz CT molecular complexity index is 1240. The van der Waals surface area contributed by atoms with Crippen LogP contribution < -0.4 is 5.32 Å². The van der Waals surface area contributed by atoms with Crippen molar-refractivity contribution >= 4 is 23.9 Å². The van der Waals surface area contributed by atoms with Crippen molar-refractivity contribution in [3.05, 3.63) is 70.8 Å². The lowest BCUT2D eigenvalue weighted by Crippen LogP contribution is -2.37. The Hall–Kier alpha value is -3.88. The summed E-state index contributed by atoms with van der Waals surface area (Å²) in [6.07, 6.45) is 2.10. The van der Waals surface area contributed by atoms with Crippen LogP contribution in [0.4, 0.5) is 4.79 Å². The predicted octanol–water partition coefficient (Wildman–Crippen LogP) is 4.38. The van der Waals surface area contributed by atoms with Crippen LogP contribution in [0, 0.1) is 5.92 Å². The largest absolute Gasteiger partial charge is 0.481 e. The second-order valence-electron chi connectivity index (χ2n) is 11.7. The van der Waals surface area contributed by atoms with Gasteiger partial charge in [-0.05, 0) is 75.3 Å². The molecule has 1 saturated heterocycles. The van der Waals surface area contributed by atoms with E-state index in [1.807, 2.05) is 56.0 Å². The number of amides is 3. The molecule has 0 aliphatic carbocycles. The number of aliphatic carboxylic acids is 1. The number of carboxylic acids is 1. The zero-order chi connectivity index (χ0) is 28.9. The predicted molar refractivity (Wildman–Crippen MR) is 149 cm³/mol. The summed E-state index contributed by atoms with van der Waals surface area (Å²) < 4.78 is 5.47. The standard InChI is InChI=1S/C31H39N3O6/c1-31(2,3)40-30(39)33-19-23-12-11-22(16-25(23)20-33)28(37)32-14-13-26-17-24(18-27(35)36)29(38)34(26)15-7-10-21-8-5-4-6-9-21/h4-6,8-9,11-12,16,24,26H,7,10,13-15,17-20H2,1-3H3,(H,32,37)(H,35,36)/t24-,26+/m0/s1. The van der Waals surface area contributed by atoms with Gasteiger partial charge in [-0.1, -0.05) is 36.4 Å². The van der Waals surface area contributed by atoms with Crippen molar-refractivity contribution in [3.63, 3.8) is 0 Å². The Kier molecular flexibility index (Phi) is 9.12. The van der Waals surface area contributed by atoms with E-state index in [0.29, 0.717) is 44.6 Å². The highest BCUT2D eigenvalue weighted by Gasteiger charge is 2.39. The summed E-state index contributed by atoms with van der Waals surface area (Å²) in [4.78, 5) is 53.1. The molecule has 3 amide bonds. The lowest BCUT2D eigenvalue weighted by Gasteiger charge is -2.25. The molecule has 0 bridgehead atoms. The maximum atomic E-state index is 13.0. The highest BCUT2D eigenvalue weighted by Crippen LogP contribution is 2.30. The first kappa shape index (κ1) is 29.1. The minimum Gasteiger partial charge on any atom is -0.481 e. The summed E-state index contributed by atoms with van der Waals surface area (Å²) in [6.45, 7) is 7.24. The second kappa shape index (κ2) is 12.5. The van der Waals surface area contributed by atoms with Crippen molar-refractivity contribution in [2.75, 3.05) is 13.1 Å². The van der Waals surface area contributed by atoms with Crippen LogP contribution in [0.15, 0.2) is 48.5 Å². The molecule has 2 aromatic carbocycles. The molecule has 0 spiro atoms. The maximum Gasteiger partial charge on any atom is 0.410 e. The Morgan fingerprint density at radius 2 is 1.77 bits per heavy atom. The number of nitrogens with zero attached hydrogens (tertiary/aromatic N) is 2.